The van der Waals surface area contributed by atoms with Gasteiger partial charge in [0.2, 0.25) is 0 Å². The topological polar surface area (TPSA) is 79.2 Å². The molecule has 22 heavy (non-hydrogen) atoms. The fourth-order valence-electron chi connectivity index (χ4n) is 2.29. The molecule has 0 aliphatic heterocycles. The highest BCUT2D eigenvalue weighted by Crippen LogP contribution is 2.39. The number of nitrogens with two attached hydrogens (primary N) is 1. The predicted molar refractivity (Wildman–Crippen MR) is 85.8 cm³/mol. The Morgan fingerprint density at radius 1 is 1.50 bits per heavy atom. The molecule has 0 bridgehead atoms. The quantitative estimate of drug-likeness (QED) is 0.871. The highest BCUT2D eigenvalue weighted by atomic mass is 32.2. The molecule has 1 aromatic rings. The van der Waals surface area contributed by atoms with Crippen molar-refractivity contribution in [3.05, 3.63) is 35.6 Å². The van der Waals surface area contributed by atoms with Crippen LogP contribution < -0.4 is 5.14 Å². The van der Waals surface area contributed by atoms with Crippen LogP contribution in [0.15, 0.2) is 28.6 Å². The molecular weight excluding hydrogens is 301 g/mol. The van der Waals surface area contributed by atoms with E-state index in [1.165, 1.54) is 19.9 Å². The van der Waals surface area contributed by atoms with Crippen molar-refractivity contribution in [3.63, 3.8) is 0 Å². The first-order chi connectivity index (χ1) is 10.3. The molecule has 0 radical (unpaired) electrons. The van der Waals surface area contributed by atoms with E-state index in [2.05, 4.69) is 4.36 Å². The lowest BCUT2D eigenvalue weighted by atomic mass is 9.93. The van der Waals surface area contributed by atoms with Gasteiger partial charge < -0.3 is 0 Å². The van der Waals surface area contributed by atoms with Crippen LogP contribution >= 0.6 is 0 Å². The summed E-state index contributed by atoms with van der Waals surface area (Å²) in [5.74, 6) is 0.164. The smallest absolute Gasteiger partial charge is 0.148 e. The Bertz CT molecular complexity index is 698. The summed E-state index contributed by atoms with van der Waals surface area (Å²) in [6.45, 7) is 3.20. The maximum Gasteiger partial charge on any atom is 0.148 e. The molecule has 1 fully saturated rings. The first kappa shape index (κ1) is 16.9. The van der Waals surface area contributed by atoms with E-state index < -0.39 is 14.7 Å². The van der Waals surface area contributed by atoms with Gasteiger partial charge in [0, 0.05) is 5.92 Å². The molecule has 1 aromatic carbocycles. The summed E-state index contributed by atoms with van der Waals surface area (Å²) in [6.07, 6.45) is 3.10. The summed E-state index contributed by atoms with van der Waals surface area (Å²) < 4.78 is 29.4. The first-order valence-electron chi connectivity index (χ1n) is 7.43. The first-order valence-corrected chi connectivity index (χ1v) is 9.00. The van der Waals surface area contributed by atoms with Gasteiger partial charge in [0.05, 0.1) is 12.6 Å². The van der Waals surface area contributed by atoms with Crippen LogP contribution in [-0.2, 0) is 9.92 Å². The Labute approximate surface area is 131 Å². The fourth-order valence-corrected chi connectivity index (χ4v) is 3.14. The molecule has 120 valence electrons. The van der Waals surface area contributed by atoms with E-state index in [1.807, 2.05) is 6.07 Å². The van der Waals surface area contributed by atoms with E-state index in [0.29, 0.717) is 11.5 Å². The van der Waals surface area contributed by atoms with Gasteiger partial charge in [-0.1, -0.05) is 31.0 Å². The van der Waals surface area contributed by atoms with Crippen molar-refractivity contribution in [2.45, 2.75) is 43.8 Å². The predicted octanol–water partition coefficient (Wildman–Crippen LogP) is 3.35. The van der Waals surface area contributed by atoms with Gasteiger partial charge in [-0.3, -0.25) is 0 Å². The maximum atomic E-state index is 14.0. The van der Waals surface area contributed by atoms with Crippen molar-refractivity contribution in [1.82, 2.24) is 0 Å². The van der Waals surface area contributed by atoms with E-state index in [0.717, 1.165) is 19.3 Å². The molecule has 1 aliphatic carbocycles. The number of hydrogen-bond acceptors (Lipinski definition) is 3. The van der Waals surface area contributed by atoms with Crippen molar-refractivity contribution in [3.8, 4) is 6.07 Å². The summed E-state index contributed by atoms with van der Waals surface area (Å²) in [5.41, 5.74) is 0.586. The highest BCUT2D eigenvalue weighted by molar-refractivity contribution is 7.93. The molecule has 1 aliphatic rings. The summed E-state index contributed by atoms with van der Waals surface area (Å²) in [7, 11) is -3.15. The Kier molecular flexibility index (Phi) is 4.88. The molecule has 2 atom stereocenters. The average molecular weight is 323 g/mol. The van der Waals surface area contributed by atoms with Crippen LogP contribution in [0.25, 0.3) is 0 Å². The Morgan fingerprint density at radius 2 is 2.14 bits per heavy atom. The molecule has 0 spiro atoms. The van der Waals surface area contributed by atoms with Crippen LogP contribution in [0.1, 0.15) is 44.6 Å². The standard InChI is InChI=1S/C16H22FN3OS/c1-16(2,11-18)22(19,21)20-10-13(9-12-7-8-12)14-5-3-4-6-15(14)17/h3-6,12-13H,7-10H2,1-2H3,(H2,19,20,21)/t13?,22-/m1/s1. The average Bonchev–Trinajstić information content (AvgIpc) is 3.28. The van der Waals surface area contributed by atoms with Crippen molar-refractivity contribution in [2.24, 2.45) is 15.4 Å². The number of nitrogens with zero attached hydrogens (tertiary/aromatic N) is 2. The molecule has 0 saturated heterocycles. The third kappa shape index (κ3) is 3.84. The van der Waals surface area contributed by atoms with Gasteiger partial charge in [0.1, 0.15) is 20.5 Å². The van der Waals surface area contributed by atoms with Gasteiger partial charge in [-0.15, -0.1) is 0 Å². The molecule has 1 saturated carbocycles. The lowest BCUT2D eigenvalue weighted by Gasteiger charge is -2.20. The minimum Gasteiger partial charge on any atom is -0.244 e. The highest BCUT2D eigenvalue weighted by Gasteiger charge is 2.31. The van der Waals surface area contributed by atoms with E-state index >= 15 is 0 Å². The zero-order chi connectivity index (χ0) is 16.4. The molecule has 0 aromatic heterocycles. The lowest BCUT2D eigenvalue weighted by Crippen LogP contribution is -2.36. The van der Waals surface area contributed by atoms with E-state index in [1.54, 1.807) is 18.2 Å². The zero-order valence-electron chi connectivity index (χ0n) is 13.0. The Hall–Kier alpha value is -1.45. The van der Waals surface area contributed by atoms with Crippen LogP contribution in [0.4, 0.5) is 4.39 Å². The van der Waals surface area contributed by atoms with E-state index in [4.69, 9.17) is 10.4 Å². The molecule has 4 nitrogen and oxygen atoms in total. The molecule has 6 heteroatoms. The number of nitriles is 1. The van der Waals surface area contributed by atoms with Crippen LogP contribution in [0.2, 0.25) is 0 Å². The lowest BCUT2D eigenvalue weighted by molar-refractivity contribution is 0.536. The minimum atomic E-state index is -3.15. The van der Waals surface area contributed by atoms with E-state index in [-0.39, 0.29) is 18.3 Å². The van der Waals surface area contributed by atoms with Gasteiger partial charge in [-0.05, 0) is 37.8 Å². The van der Waals surface area contributed by atoms with Crippen molar-refractivity contribution < 1.29 is 8.60 Å². The number of rotatable bonds is 6. The third-order valence-electron chi connectivity index (χ3n) is 4.15. The van der Waals surface area contributed by atoms with Crippen LogP contribution in [0.5, 0.6) is 0 Å². The number of benzene rings is 1. The molecule has 1 unspecified atom stereocenters. The Balaban J connectivity index is 2.27. The van der Waals surface area contributed by atoms with Crippen LogP contribution in [0.3, 0.4) is 0 Å². The molecule has 0 heterocycles. The summed E-state index contributed by atoms with van der Waals surface area (Å²) in [6, 6.07) is 8.54. The summed E-state index contributed by atoms with van der Waals surface area (Å²) in [5, 5.41) is 14.8. The van der Waals surface area contributed by atoms with Crippen molar-refractivity contribution in [1.29, 1.82) is 5.26 Å². The van der Waals surface area contributed by atoms with Gasteiger partial charge in [-0.2, -0.15) is 5.26 Å². The van der Waals surface area contributed by atoms with Crippen LogP contribution in [0, 0.1) is 23.1 Å². The fraction of sp³-hybridized carbons (Fsp3) is 0.562. The second kappa shape index (κ2) is 6.35. The molecule has 0 amide bonds. The Morgan fingerprint density at radius 3 is 2.68 bits per heavy atom. The minimum absolute atomic E-state index is 0.146. The van der Waals surface area contributed by atoms with Crippen LogP contribution in [-0.4, -0.2) is 15.5 Å². The number of hydrogen-bond donors (Lipinski definition) is 1. The van der Waals surface area contributed by atoms with Crippen molar-refractivity contribution in [2.75, 3.05) is 6.54 Å². The van der Waals surface area contributed by atoms with Gasteiger partial charge >= 0.3 is 0 Å². The molecular formula is C16H22FN3OS. The summed E-state index contributed by atoms with van der Waals surface area (Å²) in [4.78, 5) is 0. The van der Waals surface area contributed by atoms with Gasteiger partial charge in [0.15, 0.2) is 0 Å². The summed E-state index contributed by atoms with van der Waals surface area (Å²) >= 11 is 0. The SMILES string of the molecule is CC(C)(C#N)[S@](N)(=O)=NCC(CC1CC1)c1ccccc1F. The maximum absolute atomic E-state index is 14.0. The van der Waals surface area contributed by atoms with Crippen molar-refractivity contribution >= 4 is 9.92 Å². The second-order valence-corrected chi connectivity index (χ2v) is 8.82. The largest absolute Gasteiger partial charge is 0.244 e. The normalized spacial score (nSPS) is 19.0. The van der Waals surface area contributed by atoms with Gasteiger partial charge in [-0.25, -0.2) is 18.1 Å². The molecule has 2 rings (SSSR count). The number of halogens is 1. The van der Waals surface area contributed by atoms with E-state index in [9.17, 15) is 8.60 Å². The van der Waals surface area contributed by atoms with Gasteiger partial charge in [0.25, 0.3) is 0 Å². The third-order valence-corrected chi connectivity index (χ3v) is 6.23. The monoisotopic (exact) mass is 323 g/mol. The zero-order valence-corrected chi connectivity index (χ0v) is 13.8. The second-order valence-electron chi connectivity index (χ2n) is 6.40. The molecule has 2 N–H and O–H groups in total.